The van der Waals surface area contributed by atoms with Crippen molar-refractivity contribution in [3.63, 3.8) is 0 Å². The summed E-state index contributed by atoms with van der Waals surface area (Å²) in [5, 5.41) is 0. The first-order chi connectivity index (χ1) is 7.29. The van der Waals surface area contributed by atoms with Crippen LogP contribution in [0.5, 0.6) is 0 Å². The van der Waals surface area contributed by atoms with Gasteiger partial charge in [0.1, 0.15) is 0 Å². The summed E-state index contributed by atoms with van der Waals surface area (Å²) in [5.41, 5.74) is 3.15. The fourth-order valence-electron chi connectivity index (χ4n) is 1.57. The topological polar surface area (TPSA) is 32.9 Å². The molecule has 0 saturated carbocycles. The predicted molar refractivity (Wildman–Crippen MR) is 61.9 cm³/mol. The van der Waals surface area contributed by atoms with Gasteiger partial charge in [0.25, 0.3) is 0 Å². The average Bonchev–Trinajstić information content (AvgIpc) is 2.29. The van der Waals surface area contributed by atoms with E-state index in [1.165, 1.54) is 11.6 Å². The molecule has 2 aromatic rings. The number of benzene rings is 1. The van der Waals surface area contributed by atoms with Crippen molar-refractivity contribution in [3.05, 3.63) is 58.4 Å². The lowest BCUT2D eigenvalue weighted by molar-refractivity contribution is 1.14. The maximum atomic E-state index is 11.2. The summed E-state index contributed by atoms with van der Waals surface area (Å²) in [6, 6.07) is 13.4. The molecule has 2 heteroatoms. The van der Waals surface area contributed by atoms with Gasteiger partial charge in [0.15, 0.2) is 0 Å². The third-order valence-corrected chi connectivity index (χ3v) is 2.41. The Morgan fingerprint density at radius 2 is 1.93 bits per heavy atom. The van der Waals surface area contributed by atoms with Crippen molar-refractivity contribution < 1.29 is 0 Å². The van der Waals surface area contributed by atoms with Gasteiger partial charge in [-0.05, 0) is 29.7 Å². The fourth-order valence-corrected chi connectivity index (χ4v) is 1.57. The second-order valence-corrected chi connectivity index (χ2v) is 3.48. The van der Waals surface area contributed by atoms with E-state index in [-0.39, 0.29) is 5.56 Å². The first-order valence-corrected chi connectivity index (χ1v) is 5.08. The first kappa shape index (κ1) is 9.71. The van der Waals surface area contributed by atoms with Crippen LogP contribution in [0.4, 0.5) is 0 Å². The summed E-state index contributed by atoms with van der Waals surface area (Å²) in [4.78, 5) is 14.0. The number of H-pyrrole nitrogens is 1. The largest absolute Gasteiger partial charge is 0.322 e. The Kier molecular flexibility index (Phi) is 2.68. The van der Waals surface area contributed by atoms with Gasteiger partial charge in [0.2, 0.25) is 5.56 Å². The van der Waals surface area contributed by atoms with Crippen molar-refractivity contribution >= 4 is 0 Å². The number of aryl methyl sites for hydroxylation is 1. The molecule has 0 unspecified atom stereocenters. The molecule has 0 bridgehead atoms. The highest BCUT2D eigenvalue weighted by Crippen LogP contribution is 2.16. The minimum atomic E-state index is -0.0607. The summed E-state index contributed by atoms with van der Waals surface area (Å²) in [6.07, 6.45) is 1.00. The van der Waals surface area contributed by atoms with E-state index in [0.717, 1.165) is 17.7 Å². The van der Waals surface area contributed by atoms with Crippen LogP contribution in [0.2, 0.25) is 0 Å². The van der Waals surface area contributed by atoms with Crippen molar-refractivity contribution in [1.82, 2.24) is 4.98 Å². The molecule has 0 atom stereocenters. The Hall–Kier alpha value is -1.83. The van der Waals surface area contributed by atoms with Crippen LogP contribution in [0.15, 0.2) is 47.3 Å². The van der Waals surface area contributed by atoms with Crippen LogP contribution in [0.1, 0.15) is 12.5 Å². The molecule has 1 N–H and O–H groups in total. The number of hydrogen-bond donors (Lipinski definition) is 1. The normalized spacial score (nSPS) is 10.2. The van der Waals surface area contributed by atoms with Gasteiger partial charge in [0.05, 0.1) is 0 Å². The molecule has 15 heavy (non-hydrogen) atoms. The van der Waals surface area contributed by atoms with Crippen molar-refractivity contribution in [1.29, 1.82) is 0 Å². The molecule has 0 aliphatic heterocycles. The van der Waals surface area contributed by atoms with Gasteiger partial charge in [-0.1, -0.05) is 31.2 Å². The fraction of sp³-hybridized carbons (Fsp3) is 0.154. The zero-order valence-corrected chi connectivity index (χ0v) is 8.66. The summed E-state index contributed by atoms with van der Waals surface area (Å²) in [6.45, 7) is 2.12. The number of hydrogen-bond acceptors (Lipinski definition) is 1. The van der Waals surface area contributed by atoms with Crippen LogP contribution in [0, 0.1) is 0 Å². The van der Waals surface area contributed by atoms with Crippen molar-refractivity contribution in [2.45, 2.75) is 13.3 Å². The van der Waals surface area contributed by atoms with E-state index in [1.807, 2.05) is 18.2 Å². The minimum absolute atomic E-state index is 0.0607. The Bertz CT molecular complexity index is 514. The molecule has 1 heterocycles. The maximum absolute atomic E-state index is 11.2. The zero-order chi connectivity index (χ0) is 10.7. The molecule has 0 aliphatic rings. The van der Waals surface area contributed by atoms with Crippen LogP contribution >= 0.6 is 0 Å². The van der Waals surface area contributed by atoms with E-state index in [4.69, 9.17) is 0 Å². The molecule has 2 rings (SSSR count). The zero-order valence-electron chi connectivity index (χ0n) is 8.66. The minimum Gasteiger partial charge on any atom is -0.322 e. The summed E-state index contributed by atoms with van der Waals surface area (Å²) >= 11 is 0. The van der Waals surface area contributed by atoms with Gasteiger partial charge < -0.3 is 4.98 Å². The molecule has 1 aromatic heterocycles. The Morgan fingerprint density at radius 3 is 2.67 bits per heavy atom. The molecule has 76 valence electrons. The van der Waals surface area contributed by atoms with Crippen LogP contribution in [0.25, 0.3) is 11.3 Å². The summed E-state index contributed by atoms with van der Waals surface area (Å²) < 4.78 is 0. The standard InChI is InChI=1S/C13H13NO/c1-2-10-5-3-6-11(9-10)12-7-4-8-13(15)14-12/h3-9H,2H2,1H3,(H,14,15). The van der Waals surface area contributed by atoms with E-state index < -0.39 is 0 Å². The molecule has 0 saturated heterocycles. The molecule has 0 fully saturated rings. The third-order valence-electron chi connectivity index (χ3n) is 2.41. The van der Waals surface area contributed by atoms with Gasteiger partial charge in [-0.3, -0.25) is 4.79 Å². The SMILES string of the molecule is CCc1cccc(-c2cccc(=O)[nH]2)c1. The Balaban J connectivity index is 2.49. The second-order valence-electron chi connectivity index (χ2n) is 3.48. The van der Waals surface area contributed by atoms with E-state index >= 15 is 0 Å². The van der Waals surface area contributed by atoms with Crippen molar-refractivity contribution in [3.8, 4) is 11.3 Å². The van der Waals surface area contributed by atoms with E-state index in [0.29, 0.717) is 0 Å². The summed E-state index contributed by atoms with van der Waals surface area (Å²) in [5.74, 6) is 0. The molecule has 1 aromatic carbocycles. The Morgan fingerprint density at radius 1 is 1.13 bits per heavy atom. The van der Waals surface area contributed by atoms with Gasteiger partial charge >= 0.3 is 0 Å². The van der Waals surface area contributed by atoms with Crippen LogP contribution < -0.4 is 5.56 Å². The quantitative estimate of drug-likeness (QED) is 0.792. The lowest BCUT2D eigenvalue weighted by Gasteiger charge is -2.03. The highest BCUT2D eigenvalue weighted by atomic mass is 16.1. The summed E-state index contributed by atoms with van der Waals surface area (Å²) in [7, 11) is 0. The Labute approximate surface area is 88.6 Å². The van der Waals surface area contributed by atoms with Crippen molar-refractivity contribution in [2.24, 2.45) is 0 Å². The second kappa shape index (κ2) is 4.13. The highest BCUT2D eigenvalue weighted by Gasteiger charge is 1.98. The van der Waals surface area contributed by atoms with Crippen LogP contribution in [-0.2, 0) is 6.42 Å². The van der Waals surface area contributed by atoms with Crippen molar-refractivity contribution in [2.75, 3.05) is 0 Å². The smallest absolute Gasteiger partial charge is 0.248 e. The highest BCUT2D eigenvalue weighted by molar-refractivity contribution is 5.59. The lowest BCUT2D eigenvalue weighted by atomic mass is 10.1. The van der Waals surface area contributed by atoms with Crippen LogP contribution in [0.3, 0.4) is 0 Å². The lowest BCUT2D eigenvalue weighted by Crippen LogP contribution is -2.03. The van der Waals surface area contributed by atoms with Gasteiger partial charge in [0, 0.05) is 11.8 Å². The predicted octanol–water partition coefficient (Wildman–Crippen LogP) is 2.60. The molecular weight excluding hydrogens is 186 g/mol. The monoisotopic (exact) mass is 199 g/mol. The molecular formula is C13H13NO. The van der Waals surface area contributed by atoms with Gasteiger partial charge in [-0.25, -0.2) is 0 Å². The number of pyridine rings is 1. The van der Waals surface area contributed by atoms with E-state index in [1.54, 1.807) is 6.07 Å². The van der Waals surface area contributed by atoms with E-state index in [2.05, 4.69) is 24.0 Å². The average molecular weight is 199 g/mol. The van der Waals surface area contributed by atoms with Crippen LogP contribution in [-0.4, -0.2) is 4.98 Å². The number of rotatable bonds is 2. The molecule has 0 spiro atoms. The molecule has 0 amide bonds. The van der Waals surface area contributed by atoms with E-state index in [9.17, 15) is 4.79 Å². The number of nitrogens with one attached hydrogen (secondary N) is 1. The number of aromatic amines is 1. The maximum Gasteiger partial charge on any atom is 0.248 e. The van der Waals surface area contributed by atoms with Gasteiger partial charge in [-0.2, -0.15) is 0 Å². The molecule has 0 radical (unpaired) electrons. The number of aromatic nitrogens is 1. The first-order valence-electron chi connectivity index (χ1n) is 5.08. The third kappa shape index (κ3) is 2.15. The molecule has 2 nitrogen and oxygen atoms in total. The van der Waals surface area contributed by atoms with Gasteiger partial charge in [-0.15, -0.1) is 0 Å². The molecule has 0 aliphatic carbocycles.